The van der Waals surface area contributed by atoms with E-state index < -0.39 is 5.97 Å². The van der Waals surface area contributed by atoms with Crippen LogP contribution in [0.5, 0.6) is 11.5 Å². The van der Waals surface area contributed by atoms with Gasteiger partial charge in [0.2, 0.25) is 0 Å². The largest absolute Gasteiger partial charge is 0.504 e. The molecule has 1 aromatic rings. The molecule has 2 N–H and O–H groups in total. The second-order valence-corrected chi connectivity index (χ2v) is 4.43. The van der Waals surface area contributed by atoms with E-state index in [4.69, 9.17) is 9.84 Å². The van der Waals surface area contributed by atoms with Gasteiger partial charge in [-0.3, -0.25) is 4.79 Å². The van der Waals surface area contributed by atoms with Crippen molar-refractivity contribution in [1.29, 1.82) is 0 Å². The average Bonchev–Trinajstić information content (AvgIpc) is 2.34. The van der Waals surface area contributed by atoms with Crippen molar-refractivity contribution < 1.29 is 19.7 Å². The van der Waals surface area contributed by atoms with Crippen LogP contribution in [0.25, 0.3) is 0 Å². The lowest BCUT2D eigenvalue weighted by atomic mass is 10.1. The summed E-state index contributed by atoms with van der Waals surface area (Å²) in [5.74, 6) is -0.136. The number of carboxylic acid groups (broad SMARTS) is 1. The Hall–Kier alpha value is -1.75. The van der Waals surface area contributed by atoms with E-state index in [1.165, 1.54) is 0 Å². The van der Waals surface area contributed by atoms with Crippen LogP contribution in [-0.2, 0) is 11.3 Å². The first-order valence-corrected chi connectivity index (χ1v) is 6.38. The van der Waals surface area contributed by atoms with Gasteiger partial charge >= 0.3 is 5.97 Å². The fraction of sp³-hybridized carbons (Fsp3) is 0.500. The first-order chi connectivity index (χ1) is 9.04. The van der Waals surface area contributed by atoms with E-state index in [0.29, 0.717) is 31.9 Å². The number of hydrogen-bond donors (Lipinski definition) is 2. The topological polar surface area (TPSA) is 70.0 Å². The van der Waals surface area contributed by atoms with Crippen LogP contribution in [0.2, 0.25) is 0 Å². The van der Waals surface area contributed by atoms with Crippen LogP contribution < -0.4 is 4.74 Å². The highest BCUT2D eigenvalue weighted by molar-refractivity contribution is 5.66. The molecule has 0 amide bonds. The summed E-state index contributed by atoms with van der Waals surface area (Å²) in [5.41, 5.74) is 0.781. The van der Waals surface area contributed by atoms with Gasteiger partial charge in [0, 0.05) is 18.5 Å². The first-order valence-electron chi connectivity index (χ1n) is 6.38. The molecule has 0 aliphatic rings. The first kappa shape index (κ1) is 15.3. The number of aliphatic carboxylic acids is 1. The van der Waals surface area contributed by atoms with Gasteiger partial charge in [0.05, 0.1) is 6.61 Å². The lowest BCUT2D eigenvalue weighted by Gasteiger charge is -2.18. The summed E-state index contributed by atoms with van der Waals surface area (Å²) in [4.78, 5) is 12.4. The highest BCUT2D eigenvalue weighted by atomic mass is 16.5. The van der Waals surface area contributed by atoms with Gasteiger partial charge < -0.3 is 19.8 Å². The molecule has 0 unspecified atom stereocenters. The monoisotopic (exact) mass is 267 g/mol. The SMILES string of the molecule is CCOc1cccc(CN(C)CCCC(=O)O)c1O. The van der Waals surface area contributed by atoms with Crippen molar-refractivity contribution in [3.8, 4) is 11.5 Å². The smallest absolute Gasteiger partial charge is 0.303 e. The van der Waals surface area contributed by atoms with Gasteiger partial charge in [0.1, 0.15) is 0 Å². The molecule has 0 saturated heterocycles. The third kappa shape index (κ3) is 5.18. The molecule has 0 heterocycles. The number of ether oxygens (including phenoxy) is 1. The second-order valence-electron chi connectivity index (χ2n) is 4.43. The van der Waals surface area contributed by atoms with E-state index in [-0.39, 0.29) is 12.2 Å². The fourth-order valence-electron chi connectivity index (χ4n) is 1.84. The van der Waals surface area contributed by atoms with Crippen LogP contribution in [0, 0.1) is 0 Å². The summed E-state index contributed by atoms with van der Waals surface area (Å²) in [6.45, 7) is 3.60. The lowest BCUT2D eigenvalue weighted by molar-refractivity contribution is -0.137. The molecule has 19 heavy (non-hydrogen) atoms. The predicted molar refractivity (Wildman–Crippen MR) is 72.5 cm³/mol. The van der Waals surface area contributed by atoms with Crippen molar-refractivity contribution in [2.45, 2.75) is 26.3 Å². The van der Waals surface area contributed by atoms with Gasteiger partial charge in [-0.05, 0) is 33.0 Å². The van der Waals surface area contributed by atoms with Crippen molar-refractivity contribution in [2.24, 2.45) is 0 Å². The Morgan fingerprint density at radius 3 is 2.79 bits per heavy atom. The maximum atomic E-state index is 10.4. The fourth-order valence-corrected chi connectivity index (χ4v) is 1.84. The third-order valence-corrected chi connectivity index (χ3v) is 2.75. The number of benzene rings is 1. The van der Waals surface area contributed by atoms with Crippen molar-refractivity contribution in [1.82, 2.24) is 4.90 Å². The minimum Gasteiger partial charge on any atom is -0.504 e. The van der Waals surface area contributed by atoms with Crippen LogP contribution in [0.1, 0.15) is 25.3 Å². The molecule has 0 spiro atoms. The van der Waals surface area contributed by atoms with E-state index >= 15 is 0 Å². The van der Waals surface area contributed by atoms with E-state index in [9.17, 15) is 9.90 Å². The number of carbonyl (C=O) groups is 1. The maximum absolute atomic E-state index is 10.4. The molecule has 1 rings (SSSR count). The Morgan fingerprint density at radius 1 is 1.42 bits per heavy atom. The molecule has 5 nitrogen and oxygen atoms in total. The second kappa shape index (κ2) is 7.63. The van der Waals surface area contributed by atoms with Crippen LogP contribution in [-0.4, -0.2) is 41.3 Å². The van der Waals surface area contributed by atoms with Crippen LogP contribution in [0.3, 0.4) is 0 Å². The molecule has 0 radical (unpaired) electrons. The molecule has 0 bridgehead atoms. The minimum atomic E-state index is -0.783. The number of para-hydroxylation sites is 1. The standard InChI is InChI=1S/C14H21NO4/c1-3-19-12-7-4-6-11(14(12)18)10-15(2)9-5-8-13(16)17/h4,6-7,18H,3,5,8-10H2,1-2H3,(H,16,17). The van der Waals surface area contributed by atoms with E-state index in [0.717, 1.165) is 5.56 Å². The van der Waals surface area contributed by atoms with Gasteiger partial charge in [0.25, 0.3) is 0 Å². The molecular formula is C14H21NO4. The zero-order chi connectivity index (χ0) is 14.3. The minimum absolute atomic E-state index is 0.162. The number of phenolic OH excluding ortho intramolecular Hbond substituents is 1. The van der Waals surface area contributed by atoms with Crippen molar-refractivity contribution >= 4 is 5.97 Å². The number of nitrogens with zero attached hydrogens (tertiary/aromatic N) is 1. The van der Waals surface area contributed by atoms with Gasteiger partial charge in [-0.1, -0.05) is 12.1 Å². The Balaban J connectivity index is 2.56. The molecule has 0 atom stereocenters. The van der Waals surface area contributed by atoms with Crippen molar-refractivity contribution in [3.05, 3.63) is 23.8 Å². The Bertz CT molecular complexity index is 420. The summed E-state index contributed by atoms with van der Waals surface area (Å²) >= 11 is 0. The van der Waals surface area contributed by atoms with Gasteiger partial charge in [-0.2, -0.15) is 0 Å². The van der Waals surface area contributed by atoms with Gasteiger partial charge in [-0.15, -0.1) is 0 Å². The third-order valence-electron chi connectivity index (χ3n) is 2.75. The van der Waals surface area contributed by atoms with Crippen molar-refractivity contribution in [3.63, 3.8) is 0 Å². The normalized spacial score (nSPS) is 10.7. The summed E-state index contributed by atoms with van der Waals surface area (Å²) in [5, 5.41) is 18.6. The predicted octanol–water partition coefficient (Wildman–Crippen LogP) is 2.09. The molecule has 0 saturated carbocycles. The van der Waals surface area contributed by atoms with Crippen molar-refractivity contribution in [2.75, 3.05) is 20.2 Å². The summed E-state index contributed by atoms with van der Waals surface area (Å²) in [7, 11) is 1.90. The molecule has 0 fully saturated rings. The summed E-state index contributed by atoms with van der Waals surface area (Å²) in [6, 6.07) is 5.41. The molecule has 106 valence electrons. The molecule has 0 aliphatic carbocycles. The maximum Gasteiger partial charge on any atom is 0.303 e. The number of phenols is 1. The number of hydrogen-bond acceptors (Lipinski definition) is 4. The van der Waals surface area contributed by atoms with Crippen LogP contribution >= 0.6 is 0 Å². The van der Waals surface area contributed by atoms with Gasteiger partial charge in [0.15, 0.2) is 11.5 Å². The van der Waals surface area contributed by atoms with Crippen LogP contribution in [0.4, 0.5) is 0 Å². The number of rotatable bonds is 8. The average molecular weight is 267 g/mol. The Kier molecular flexibility index (Phi) is 6.15. The molecular weight excluding hydrogens is 246 g/mol. The lowest BCUT2D eigenvalue weighted by Crippen LogP contribution is -2.20. The molecule has 0 aromatic heterocycles. The quantitative estimate of drug-likeness (QED) is 0.754. The highest BCUT2D eigenvalue weighted by Crippen LogP contribution is 2.30. The summed E-state index contributed by atoms with van der Waals surface area (Å²) < 4.78 is 5.33. The van der Waals surface area contributed by atoms with Crippen LogP contribution in [0.15, 0.2) is 18.2 Å². The van der Waals surface area contributed by atoms with E-state index in [1.807, 2.05) is 31.0 Å². The Morgan fingerprint density at radius 2 is 2.16 bits per heavy atom. The zero-order valence-corrected chi connectivity index (χ0v) is 11.4. The number of aromatic hydroxyl groups is 1. The Labute approximate surface area is 113 Å². The summed E-state index contributed by atoms with van der Waals surface area (Å²) in [6.07, 6.45) is 0.757. The highest BCUT2D eigenvalue weighted by Gasteiger charge is 2.10. The van der Waals surface area contributed by atoms with E-state index in [1.54, 1.807) is 6.07 Å². The number of carboxylic acids is 1. The van der Waals surface area contributed by atoms with Gasteiger partial charge in [-0.25, -0.2) is 0 Å². The molecule has 5 heteroatoms. The zero-order valence-electron chi connectivity index (χ0n) is 11.4. The van der Waals surface area contributed by atoms with E-state index in [2.05, 4.69) is 0 Å². The molecule has 0 aliphatic heterocycles. The molecule has 1 aromatic carbocycles.